The molecule has 0 aliphatic rings. The molecule has 4 N–H and O–H groups in total. The lowest BCUT2D eigenvalue weighted by Crippen LogP contribution is -2.59. The lowest BCUT2D eigenvalue weighted by atomic mass is 10.0. The quantitative estimate of drug-likeness (QED) is 0.740. The largest absolute Gasteiger partial charge is 0.478 e. The normalized spacial score (nSPS) is 14.5. The Labute approximate surface area is 110 Å². The van der Waals surface area contributed by atoms with Gasteiger partial charge in [-0.1, -0.05) is 6.07 Å². The van der Waals surface area contributed by atoms with Crippen molar-refractivity contribution in [3.05, 3.63) is 29.6 Å². The van der Waals surface area contributed by atoms with Crippen molar-refractivity contribution in [3.8, 4) is 0 Å². The predicted octanol–water partition coefficient (Wildman–Crippen LogP) is 1.74. The molecule has 0 fully saturated rings. The number of halogens is 4. The average Bonchev–Trinajstić information content (AvgIpc) is 2.26. The Hall–Kier alpha value is -2.16. The fourth-order valence-corrected chi connectivity index (χ4v) is 1.23. The Kier molecular flexibility index (Phi) is 4.04. The molecule has 0 bridgehead atoms. The van der Waals surface area contributed by atoms with Crippen LogP contribution in [-0.2, 0) is 4.79 Å². The smallest absolute Gasteiger partial charge is 0.415 e. The van der Waals surface area contributed by atoms with E-state index in [2.05, 4.69) is 0 Å². The molecule has 1 atom stereocenters. The van der Waals surface area contributed by atoms with Gasteiger partial charge in [-0.15, -0.1) is 0 Å². The van der Waals surface area contributed by atoms with Gasteiger partial charge in [-0.2, -0.15) is 13.2 Å². The molecule has 20 heavy (non-hydrogen) atoms. The van der Waals surface area contributed by atoms with Crippen molar-refractivity contribution in [1.82, 2.24) is 0 Å². The van der Waals surface area contributed by atoms with Gasteiger partial charge in [-0.3, -0.25) is 4.79 Å². The van der Waals surface area contributed by atoms with E-state index in [1.54, 1.807) is 5.32 Å². The summed E-state index contributed by atoms with van der Waals surface area (Å²) in [5.41, 5.74) is 0.0767. The number of amides is 1. The SMILES string of the molecule is CC(N)(C(=O)Nc1cccc(F)c1C(=O)O)C(F)(F)F. The zero-order chi connectivity index (χ0) is 15.7. The van der Waals surface area contributed by atoms with E-state index in [1.807, 2.05) is 0 Å². The molecule has 0 heterocycles. The summed E-state index contributed by atoms with van der Waals surface area (Å²) in [6, 6.07) is 2.79. The van der Waals surface area contributed by atoms with Crippen LogP contribution in [-0.4, -0.2) is 28.7 Å². The van der Waals surface area contributed by atoms with Crippen LogP contribution in [0.3, 0.4) is 0 Å². The maximum absolute atomic E-state index is 13.3. The molecule has 0 spiro atoms. The zero-order valence-corrected chi connectivity index (χ0v) is 10.1. The van der Waals surface area contributed by atoms with Crippen LogP contribution in [0.15, 0.2) is 18.2 Å². The lowest BCUT2D eigenvalue weighted by Gasteiger charge is -2.26. The van der Waals surface area contributed by atoms with Crippen LogP contribution in [0.5, 0.6) is 0 Å². The molecule has 0 aromatic heterocycles. The fraction of sp³-hybridized carbons (Fsp3) is 0.273. The van der Waals surface area contributed by atoms with E-state index in [0.29, 0.717) is 6.92 Å². The second-order valence-electron chi connectivity index (χ2n) is 4.12. The predicted molar refractivity (Wildman–Crippen MR) is 60.6 cm³/mol. The van der Waals surface area contributed by atoms with Crippen LogP contribution in [0.1, 0.15) is 17.3 Å². The van der Waals surface area contributed by atoms with Crippen molar-refractivity contribution in [3.63, 3.8) is 0 Å². The maximum Gasteiger partial charge on any atom is 0.415 e. The standard InChI is InChI=1S/C11H10F4N2O3/c1-10(16,11(13,14)15)9(20)17-6-4-2-3-5(12)7(6)8(18)19/h2-4H,16H2,1H3,(H,17,20)(H,18,19). The van der Waals surface area contributed by atoms with Gasteiger partial charge in [-0.25, -0.2) is 9.18 Å². The van der Waals surface area contributed by atoms with Crippen molar-refractivity contribution >= 4 is 17.6 Å². The fourth-order valence-electron chi connectivity index (χ4n) is 1.23. The van der Waals surface area contributed by atoms with Crippen LogP contribution >= 0.6 is 0 Å². The molecular formula is C11H10F4N2O3. The van der Waals surface area contributed by atoms with Crippen LogP contribution in [0.25, 0.3) is 0 Å². The van der Waals surface area contributed by atoms with Crippen LogP contribution < -0.4 is 11.1 Å². The highest BCUT2D eigenvalue weighted by Gasteiger charge is 2.54. The molecule has 110 valence electrons. The summed E-state index contributed by atoms with van der Waals surface area (Å²) in [5, 5.41) is 10.5. The average molecular weight is 294 g/mol. The molecule has 1 rings (SSSR count). The molecular weight excluding hydrogens is 284 g/mol. The van der Waals surface area contributed by atoms with Crippen LogP contribution in [0.4, 0.5) is 23.2 Å². The first-order chi connectivity index (χ1) is 8.98. The number of hydrogen-bond donors (Lipinski definition) is 3. The van der Waals surface area contributed by atoms with E-state index in [4.69, 9.17) is 10.8 Å². The number of alkyl halides is 3. The van der Waals surface area contributed by atoms with Gasteiger partial charge >= 0.3 is 12.1 Å². The number of anilines is 1. The van der Waals surface area contributed by atoms with E-state index in [-0.39, 0.29) is 0 Å². The van der Waals surface area contributed by atoms with Crippen molar-refractivity contribution < 1.29 is 32.3 Å². The first kappa shape index (κ1) is 15.9. The topological polar surface area (TPSA) is 92.4 Å². The lowest BCUT2D eigenvalue weighted by molar-refractivity contribution is -0.184. The van der Waals surface area contributed by atoms with E-state index in [0.717, 1.165) is 18.2 Å². The van der Waals surface area contributed by atoms with Crippen LogP contribution in [0, 0.1) is 5.82 Å². The number of carbonyl (C=O) groups is 2. The Morgan fingerprint density at radius 3 is 2.30 bits per heavy atom. The molecule has 0 aliphatic carbocycles. The van der Waals surface area contributed by atoms with Crippen molar-refractivity contribution in [2.45, 2.75) is 18.6 Å². The van der Waals surface area contributed by atoms with Gasteiger partial charge in [0, 0.05) is 0 Å². The second-order valence-corrected chi connectivity index (χ2v) is 4.12. The highest BCUT2D eigenvalue weighted by molar-refractivity contribution is 6.04. The monoisotopic (exact) mass is 294 g/mol. The minimum Gasteiger partial charge on any atom is -0.478 e. The van der Waals surface area contributed by atoms with Crippen molar-refractivity contribution in [1.29, 1.82) is 0 Å². The Bertz CT molecular complexity index is 555. The summed E-state index contributed by atoms with van der Waals surface area (Å²) in [6.45, 7) is 0.419. The molecule has 1 aromatic carbocycles. The number of benzene rings is 1. The number of nitrogens with two attached hydrogens (primary N) is 1. The number of carboxylic acid groups (broad SMARTS) is 1. The first-order valence-corrected chi connectivity index (χ1v) is 5.17. The van der Waals surface area contributed by atoms with Gasteiger partial charge in [0.15, 0.2) is 5.54 Å². The Balaban J connectivity index is 3.16. The number of hydrogen-bond acceptors (Lipinski definition) is 3. The van der Waals surface area contributed by atoms with Crippen molar-refractivity contribution in [2.75, 3.05) is 5.32 Å². The van der Waals surface area contributed by atoms with Gasteiger partial charge in [-0.05, 0) is 19.1 Å². The van der Waals surface area contributed by atoms with Crippen LogP contribution in [0.2, 0.25) is 0 Å². The third-order valence-electron chi connectivity index (χ3n) is 2.54. The highest BCUT2D eigenvalue weighted by atomic mass is 19.4. The third kappa shape index (κ3) is 2.87. The van der Waals surface area contributed by atoms with Gasteiger partial charge in [0.1, 0.15) is 11.4 Å². The van der Waals surface area contributed by atoms with E-state index >= 15 is 0 Å². The molecule has 1 unspecified atom stereocenters. The Morgan fingerprint density at radius 1 is 1.30 bits per heavy atom. The second kappa shape index (κ2) is 5.08. The summed E-state index contributed by atoms with van der Waals surface area (Å²) in [4.78, 5) is 22.3. The first-order valence-electron chi connectivity index (χ1n) is 5.17. The summed E-state index contributed by atoms with van der Waals surface area (Å²) in [5.74, 6) is -4.62. The molecule has 0 radical (unpaired) electrons. The summed E-state index contributed by atoms with van der Waals surface area (Å²) in [7, 11) is 0. The molecule has 9 heteroatoms. The molecule has 0 aliphatic heterocycles. The van der Waals surface area contributed by atoms with E-state index < -0.39 is 40.7 Å². The molecule has 0 saturated heterocycles. The number of carbonyl (C=O) groups excluding carboxylic acids is 1. The Morgan fingerprint density at radius 2 is 1.85 bits per heavy atom. The van der Waals surface area contributed by atoms with Crippen molar-refractivity contribution in [2.24, 2.45) is 5.73 Å². The minimum atomic E-state index is -5.05. The number of nitrogens with one attached hydrogen (secondary N) is 1. The number of carboxylic acids is 1. The van der Waals surface area contributed by atoms with Gasteiger partial charge in [0.05, 0.1) is 5.69 Å². The summed E-state index contributed by atoms with van der Waals surface area (Å²) < 4.78 is 50.9. The summed E-state index contributed by atoms with van der Waals surface area (Å²) >= 11 is 0. The third-order valence-corrected chi connectivity index (χ3v) is 2.54. The highest BCUT2D eigenvalue weighted by Crippen LogP contribution is 2.29. The maximum atomic E-state index is 13.3. The minimum absolute atomic E-state index is 0.419. The van der Waals surface area contributed by atoms with E-state index in [9.17, 15) is 27.2 Å². The molecule has 5 nitrogen and oxygen atoms in total. The molecule has 1 aromatic rings. The van der Waals surface area contributed by atoms with Gasteiger partial charge in [0.25, 0.3) is 5.91 Å². The number of aromatic carboxylic acids is 1. The molecule has 1 amide bonds. The number of rotatable bonds is 3. The zero-order valence-electron chi connectivity index (χ0n) is 10.1. The van der Waals surface area contributed by atoms with E-state index in [1.165, 1.54) is 0 Å². The summed E-state index contributed by atoms with van der Waals surface area (Å²) in [6.07, 6.45) is -5.05. The van der Waals surface area contributed by atoms with Gasteiger partial charge in [0.2, 0.25) is 0 Å². The molecule has 0 saturated carbocycles. The van der Waals surface area contributed by atoms with Gasteiger partial charge < -0.3 is 16.2 Å².